The maximum atomic E-state index is 13.7. The van der Waals surface area contributed by atoms with E-state index in [2.05, 4.69) is 0 Å². The number of hydrogen-bond acceptors (Lipinski definition) is 1. The van der Waals surface area contributed by atoms with E-state index in [4.69, 9.17) is 5.11 Å². The van der Waals surface area contributed by atoms with Crippen LogP contribution in [0.5, 0.6) is 0 Å². The van der Waals surface area contributed by atoms with Crippen molar-refractivity contribution in [1.29, 1.82) is 0 Å². The first kappa shape index (κ1) is 12.8. The number of hydrogen-bond donors (Lipinski definition) is 1. The second-order valence-electron chi connectivity index (χ2n) is 4.73. The number of rotatable bonds is 3. The molecule has 0 spiro atoms. The summed E-state index contributed by atoms with van der Waals surface area (Å²) in [6.07, 6.45) is 1.86. The highest BCUT2D eigenvalue weighted by Crippen LogP contribution is 2.21. The van der Waals surface area contributed by atoms with Crippen LogP contribution >= 0.6 is 0 Å². The fraction of sp³-hybridized carbons (Fsp3) is 0.125. The van der Waals surface area contributed by atoms with Gasteiger partial charge in [0.05, 0.1) is 12.1 Å². The average Bonchev–Trinajstić information content (AvgIpc) is 2.83. The Kier molecular flexibility index (Phi) is 3.24. The van der Waals surface area contributed by atoms with Crippen LogP contribution < -0.4 is 0 Å². The Balaban J connectivity index is 2.00. The number of nitrogens with zero attached hydrogens (tertiary/aromatic N) is 1. The van der Waals surface area contributed by atoms with Gasteiger partial charge in [0.1, 0.15) is 11.6 Å². The molecule has 0 aliphatic rings. The van der Waals surface area contributed by atoms with Crippen molar-refractivity contribution in [2.45, 2.75) is 13.2 Å². The lowest BCUT2D eigenvalue weighted by Gasteiger charge is -2.07. The van der Waals surface area contributed by atoms with Gasteiger partial charge in [0.2, 0.25) is 0 Å². The average molecular weight is 273 g/mol. The van der Waals surface area contributed by atoms with Crippen LogP contribution in [-0.2, 0) is 13.2 Å². The molecule has 0 unspecified atom stereocenters. The predicted molar refractivity (Wildman–Crippen MR) is 73.3 cm³/mol. The minimum Gasteiger partial charge on any atom is -0.392 e. The van der Waals surface area contributed by atoms with Gasteiger partial charge in [-0.15, -0.1) is 0 Å². The Hall–Kier alpha value is -2.20. The van der Waals surface area contributed by atoms with Gasteiger partial charge in [-0.3, -0.25) is 0 Å². The SMILES string of the molecule is OCc1cc2ccn(Cc3ccc(F)cc3)c2cc1F. The van der Waals surface area contributed by atoms with Crippen molar-refractivity contribution in [2.24, 2.45) is 0 Å². The van der Waals surface area contributed by atoms with E-state index in [0.29, 0.717) is 6.54 Å². The van der Waals surface area contributed by atoms with Crippen molar-refractivity contribution in [1.82, 2.24) is 4.57 Å². The van der Waals surface area contributed by atoms with Crippen LogP contribution in [-0.4, -0.2) is 9.67 Å². The van der Waals surface area contributed by atoms with E-state index >= 15 is 0 Å². The molecule has 20 heavy (non-hydrogen) atoms. The largest absolute Gasteiger partial charge is 0.392 e. The lowest BCUT2D eigenvalue weighted by atomic mass is 10.1. The van der Waals surface area contributed by atoms with Crippen molar-refractivity contribution in [3.8, 4) is 0 Å². The van der Waals surface area contributed by atoms with Crippen LogP contribution in [0.25, 0.3) is 10.9 Å². The van der Waals surface area contributed by atoms with Crippen LogP contribution in [0.15, 0.2) is 48.7 Å². The molecule has 1 N–H and O–H groups in total. The van der Waals surface area contributed by atoms with Crippen molar-refractivity contribution in [3.05, 3.63) is 71.4 Å². The maximum Gasteiger partial charge on any atom is 0.130 e. The molecule has 2 nitrogen and oxygen atoms in total. The highest BCUT2D eigenvalue weighted by molar-refractivity contribution is 5.81. The zero-order valence-corrected chi connectivity index (χ0v) is 10.7. The third-order valence-corrected chi connectivity index (χ3v) is 3.38. The Labute approximate surface area is 114 Å². The van der Waals surface area contributed by atoms with Crippen LogP contribution in [0.1, 0.15) is 11.1 Å². The number of aliphatic hydroxyl groups is 1. The predicted octanol–water partition coefficient (Wildman–Crippen LogP) is 3.46. The molecule has 102 valence electrons. The van der Waals surface area contributed by atoms with Crippen LogP contribution in [0, 0.1) is 11.6 Å². The normalized spacial score (nSPS) is 11.2. The third-order valence-electron chi connectivity index (χ3n) is 3.38. The highest BCUT2D eigenvalue weighted by atomic mass is 19.1. The molecule has 2 aromatic carbocycles. The zero-order valence-electron chi connectivity index (χ0n) is 10.7. The molecule has 4 heteroatoms. The van der Waals surface area contributed by atoms with Crippen LogP contribution in [0.2, 0.25) is 0 Å². The first-order valence-corrected chi connectivity index (χ1v) is 6.30. The monoisotopic (exact) mass is 273 g/mol. The van der Waals surface area contributed by atoms with Crippen LogP contribution in [0.4, 0.5) is 8.78 Å². The Morgan fingerprint density at radius 1 is 1.00 bits per heavy atom. The fourth-order valence-corrected chi connectivity index (χ4v) is 2.31. The van der Waals surface area contributed by atoms with Gasteiger partial charge in [0.25, 0.3) is 0 Å². The smallest absolute Gasteiger partial charge is 0.130 e. The molecule has 0 saturated carbocycles. The van der Waals surface area contributed by atoms with Crippen LogP contribution in [0.3, 0.4) is 0 Å². The minimum absolute atomic E-state index is 0.273. The lowest BCUT2D eigenvalue weighted by Crippen LogP contribution is -1.99. The zero-order chi connectivity index (χ0) is 14.1. The molecule has 0 aliphatic heterocycles. The Morgan fingerprint density at radius 3 is 2.45 bits per heavy atom. The summed E-state index contributed by atoms with van der Waals surface area (Å²) < 4.78 is 28.5. The van der Waals surface area contributed by atoms with E-state index in [1.54, 1.807) is 18.2 Å². The van der Waals surface area contributed by atoms with Gasteiger partial charge in [-0.1, -0.05) is 12.1 Å². The Bertz CT molecular complexity index is 747. The van der Waals surface area contributed by atoms with Crippen molar-refractivity contribution in [3.63, 3.8) is 0 Å². The molecule has 0 amide bonds. The first-order valence-electron chi connectivity index (χ1n) is 6.30. The molecule has 0 fully saturated rings. The quantitative estimate of drug-likeness (QED) is 0.776. The van der Waals surface area contributed by atoms with E-state index in [9.17, 15) is 8.78 Å². The van der Waals surface area contributed by atoms with E-state index < -0.39 is 5.82 Å². The standard InChI is InChI=1S/C16H13F2NO/c17-14-3-1-11(2-4-14)9-19-6-5-12-7-13(10-20)15(18)8-16(12)19/h1-8,20H,9-10H2. The van der Waals surface area contributed by atoms with E-state index in [1.165, 1.54) is 18.2 Å². The molecule has 1 aromatic heterocycles. The Morgan fingerprint density at radius 2 is 1.75 bits per heavy atom. The summed E-state index contributed by atoms with van der Waals surface area (Å²) in [5.74, 6) is -0.691. The molecule has 0 atom stereocenters. The maximum absolute atomic E-state index is 13.7. The molecule has 0 saturated heterocycles. The summed E-state index contributed by atoms with van der Waals surface area (Å²) in [7, 11) is 0. The number of halogens is 2. The van der Waals surface area contributed by atoms with Gasteiger partial charge in [-0.25, -0.2) is 8.78 Å². The number of fused-ring (bicyclic) bond motifs is 1. The fourth-order valence-electron chi connectivity index (χ4n) is 2.31. The van der Waals surface area contributed by atoms with E-state index in [0.717, 1.165) is 16.5 Å². The van der Waals surface area contributed by atoms with Gasteiger partial charge in [0, 0.05) is 23.7 Å². The van der Waals surface area contributed by atoms with Crippen molar-refractivity contribution >= 4 is 10.9 Å². The summed E-state index contributed by atoms with van der Waals surface area (Å²) in [6, 6.07) is 11.2. The summed E-state index contributed by atoms with van der Waals surface area (Å²) in [6.45, 7) is 0.229. The first-order chi connectivity index (χ1) is 9.67. The van der Waals surface area contributed by atoms with Gasteiger partial charge < -0.3 is 9.67 Å². The highest BCUT2D eigenvalue weighted by Gasteiger charge is 2.08. The number of benzene rings is 2. The van der Waals surface area contributed by atoms with Gasteiger partial charge >= 0.3 is 0 Å². The van der Waals surface area contributed by atoms with E-state index in [1.807, 2.05) is 16.8 Å². The second kappa shape index (κ2) is 5.06. The lowest BCUT2D eigenvalue weighted by molar-refractivity contribution is 0.276. The van der Waals surface area contributed by atoms with Crippen molar-refractivity contribution < 1.29 is 13.9 Å². The van der Waals surface area contributed by atoms with E-state index in [-0.39, 0.29) is 18.0 Å². The number of aliphatic hydroxyl groups excluding tert-OH is 1. The van der Waals surface area contributed by atoms with Crippen molar-refractivity contribution in [2.75, 3.05) is 0 Å². The van der Waals surface area contributed by atoms with Gasteiger partial charge in [-0.05, 0) is 35.9 Å². The molecular formula is C16H13F2NO. The molecular weight excluding hydrogens is 260 g/mol. The molecule has 0 radical (unpaired) electrons. The number of aromatic nitrogens is 1. The third kappa shape index (κ3) is 2.30. The molecule has 0 aliphatic carbocycles. The topological polar surface area (TPSA) is 25.2 Å². The summed E-state index contributed by atoms with van der Waals surface area (Å²) in [5, 5.41) is 9.94. The second-order valence-corrected chi connectivity index (χ2v) is 4.73. The molecule has 1 heterocycles. The molecule has 0 bridgehead atoms. The molecule has 3 rings (SSSR count). The minimum atomic E-state index is -0.418. The summed E-state index contributed by atoms with van der Waals surface area (Å²) >= 11 is 0. The summed E-state index contributed by atoms with van der Waals surface area (Å²) in [5.41, 5.74) is 1.98. The summed E-state index contributed by atoms with van der Waals surface area (Å²) in [4.78, 5) is 0. The van der Waals surface area contributed by atoms with Gasteiger partial charge in [-0.2, -0.15) is 0 Å². The van der Waals surface area contributed by atoms with Gasteiger partial charge in [0.15, 0.2) is 0 Å². The molecule has 3 aromatic rings.